The molecule has 0 amide bonds. The van der Waals surface area contributed by atoms with E-state index in [1.165, 1.54) is 0 Å². The van der Waals surface area contributed by atoms with E-state index in [0.717, 1.165) is 24.4 Å². The van der Waals surface area contributed by atoms with Crippen LogP contribution in [-0.2, 0) is 22.7 Å². The Morgan fingerprint density at radius 1 is 1.40 bits per heavy atom. The first-order valence-electron chi connectivity index (χ1n) is 6.96. The molecule has 1 heterocycles. The van der Waals surface area contributed by atoms with Gasteiger partial charge in [-0.1, -0.05) is 20.3 Å². The van der Waals surface area contributed by atoms with Crippen LogP contribution in [0.25, 0.3) is 0 Å². The lowest BCUT2D eigenvalue weighted by atomic mass is 9.75. The fraction of sp³-hybridized carbons (Fsp3) is 0.667. The molecule has 2 N–H and O–H groups in total. The van der Waals surface area contributed by atoms with Gasteiger partial charge in [0.25, 0.3) is 0 Å². The van der Waals surface area contributed by atoms with Gasteiger partial charge in [0, 0.05) is 7.11 Å². The highest BCUT2D eigenvalue weighted by Crippen LogP contribution is 2.46. The van der Waals surface area contributed by atoms with E-state index in [0.29, 0.717) is 19.6 Å². The SMILES string of the molecule is COCc1ccc(CNC2(C(=O)O)CCCC2(C)C)o1. The molecule has 0 spiro atoms. The maximum Gasteiger partial charge on any atom is 0.324 e. The molecule has 112 valence electrons. The first-order valence-corrected chi connectivity index (χ1v) is 6.96. The summed E-state index contributed by atoms with van der Waals surface area (Å²) in [5.74, 6) is 0.711. The quantitative estimate of drug-likeness (QED) is 0.838. The van der Waals surface area contributed by atoms with Crippen LogP contribution in [0.4, 0.5) is 0 Å². The normalized spacial score (nSPS) is 24.9. The molecule has 5 heteroatoms. The Kier molecular flexibility index (Phi) is 4.20. The summed E-state index contributed by atoms with van der Waals surface area (Å²) >= 11 is 0. The van der Waals surface area contributed by atoms with Crippen molar-refractivity contribution >= 4 is 5.97 Å². The van der Waals surface area contributed by atoms with E-state index >= 15 is 0 Å². The van der Waals surface area contributed by atoms with Gasteiger partial charge in [-0.05, 0) is 30.4 Å². The average Bonchev–Trinajstić information content (AvgIpc) is 2.92. The second kappa shape index (κ2) is 5.58. The number of ether oxygens (including phenoxy) is 1. The standard InChI is InChI=1S/C15H23NO4/c1-14(2)7-4-8-15(14,13(17)18)16-9-11-5-6-12(20-11)10-19-3/h5-6,16H,4,7-10H2,1-3H3,(H,17,18). The summed E-state index contributed by atoms with van der Waals surface area (Å²) in [7, 11) is 1.61. The second-order valence-electron chi connectivity index (χ2n) is 6.10. The minimum Gasteiger partial charge on any atom is -0.480 e. The third-order valence-electron chi connectivity index (χ3n) is 4.44. The maximum atomic E-state index is 11.8. The number of carboxylic acid groups (broad SMARTS) is 1. The van der Waals surface area contributed by atoms with Crippen LogP contribution in [0, 0.1) is 5.41 Å². The molecule has 1 aliphatic carbocycles. The maximum absolute atomic E-state index is 11.8. The van der Waals surface area contributed by atoms with Gasteiger partial charge in [0.2, 0.25) is 0 Å². The molecule has 1 saturated carbocycles. The third-order valence-corrected chi connectivity index (χ3v) is 4.44. The largest absolute Gasteiger partial charge is 0.480 e. The molecule has 1 aliphatic rings. The highest BCUT2D eigenvalue weighted by atomic mass is 16.5. The fourth-order valence-electron chi connectivity index (χ4n) is 3.12. The zero-order chi connectivity index (χ0) is 14.8. The van der Waals surface area contributed by atoms with Gasteiger partial charge in [-0.25, -0.2) is 0 Å². The number of furan rings is 1. The number of aliphatic carboxylic acids is 1. The van der Waals surface area contributed by atoms with Crippen LogP contribution >= 0.6 is 0 Å². The van der Waals surface area contributed by atoms with Crippen LogP contribution in [0.1, 0.15) is 44.6 Å². The van der Waals surface area contributed by atoms with E-state index in [4.69, 9.17) is 9.15 Å². The smallest absolute Gasteiger partial charge is 0.324 e. The van der Waals surface area contributed by atoms with E-state index in [1.807, 2.05) is 26.0 Å². The van der Waals surface area contributed by atoms with Crippen molar-refractivity contribution in [3.63, 3.8) is 0 Å². The summed E-state index contributed by atoms with van der Waals surface area (Å²) in [6, 6.07) is 3.71. The van der Waals surface area contributed by atoms with Crippen LogP contribution in [0.2, 0.25) is 0 Å². The summed E-state index contributed by atoms with van der Waals surface area (Å²) in [6.07, 6.45) is 2.50. The Bertz CT molecular complexity index is 480. The molecule has 1 unspecified atom stereocenters. The molecule has 0 radical (unpaired) electrons. The van der Waals surface area contributed by atoms with Crippen molar-refractivity contribution in [3.05, 3.63) is 23.7 Å². The zero-order valence-corrected chi connectivity index (χ0v) is 12.4. The van der Waals surface area contributed by atoms with Gasteiger partial charge in [-0.3, -0.25) is 10.1 Å². The summed E-state index contributed by atoms with van der Waals surface area (Å²) in [5.41, 5.74) is -1.14. The van der Waals surface area contributed by atoms with Crippen molar-refractivity contribution in [2.45, 2.75) is 51.8 Å². The predicted octanol–water partition coefficient (Wildman–Crippen LogP) is 2.55. The molecule has 1 aromatic heterocycles. The van der Waals surface area contributed by atoms with Crippen molar-refractivity contribution < 1.29 is 19.1 Å². The molecule has 20 heavy (non-hydrogen) atoms. The molecule has 1 fully saturated rings. The summed E-state index contributed by atoms with van der Waals surface area (Å²) in [4.78, 5) is 11.8. The van der Waals surface area contributed by atoms with E-state index in [2.05, 4.69) is 5.32 Å². The molecule has 5 nitrogen and oxygen atoms in total. The van der Waals surface area contributed by atoms with Crippen LogP contribution < -0.4 is 5.32 Å². The molecule has 1 aromatic rings. The Balaban J connectivity index is 2.08. The van der Waals surface area contributed by atoms with Gasteiger partial charge in [-0.2, -0.15) is 0 Å². The average molecular weight is 281 g/mol. The number of carboxylic acids is 1. The van der Waals surface area contributed by atoms with Crippen LogP contribution in [0.3, 0.4) is 0 Å². The molecular weight excluding hydrogens is 258 g/mol. The highest BCUT2D eigenvalue weighted by molar-refractivity contribution is 5.80. The summed E-state index contributed by atoms with van der Waals surface area (Å²) in [6.45, 7) is 4.87. The monoisotopic (exact) mass is 281 g/mol. The highest BCUT2D eigenvalue weighted by Gasteiger charge is 2.54. The van der Waals surface area contributed by atoms with Gasteiger partial charge in [0.15, 0.2) is 0 Å². The number of hydrogen-bond donors (Lipinski definition) is 2. The Hall–Kier alpha value is -1.33. The van der Waals surface area contributed by atoms with E-state index in [1.54, 1.807) is 7.11 Å². The lowest BCUT2D eigenvalue weighted by Crippen LogP contribution is -2.58. The number of hydrogen-bond acceptors (Lipinski definition) is 4. The lowest BCUT2D eigenvalue weighted by molar-refractivity contribution is -0.149. The van der Waals surface area contributed by atoms with Crippen molar-refractivity contribution in [2.24, 2.45) is 5.41 Å². The summed E-state index contributed by atoms with van der Waals surface area (Å²) in [5, 5.41) is 12.9. The number of nitrogens with one attached hydrogen (secondary N) is 1. The first kappa shape index (κ1) is 15.1. The minimum atomic E-state index is -0.874. The molecule has 0 aliphatic heterocycles. The van der Waals surface area contributed by atoms with Crippen molar-refractivity contribution in [2.75, 3.05) is 7.11 Å². The number of methoxy groups -OCH3 is 1. The first-order chi connectivity index (χ1) is 9.41. The topological polar surface area (TPSA) is 71.7 Å². The van der Waals surface area contributed by atoms with Crippen LogP contribution in [0.5, 0.6) is 0 Å². The van der Waals surface area contributed by atoms with Gasteiger partial charge < -0.3 is 14.3 Å². The molecule has 0 saturated heterocycles. The van der Waals surface area contributed by atoms with Crippen LogP contribution in [-0.4, -0.2) is 23.7 Å². The van der Waals surface area contributed by atoms with Gasteiger partial charge >= 0.3 is 5.97 Å². The predicted molar refractivity (Wildman–Crippen MR) is 74.3 cm³/mol. The Labute approximate surface area is 119 Å². The van der Waals surface area contributed by atoms with Gasteiger partial charge in [0.05, 0.1) is 6.54 Å². The minimum absolute atomic E-state index is 0.263. The van der Waals surface area contributed by atoms with Crippen LogP contribution in [0.15, 0.2) is 16.5 Å². The summed E-state index contributed by atoms with van der Waals surface area (Å²) < 4.78 is 10.6. The van der Waals surface area contributed by atoms with E-state index in [9.17, 15) is 9.90 Å². The van der Waals surface area contributed by atoms with Crippen molar-refractivity contribution in [1.29, 1.82) is 0 Å². The molecular formula is C15H23NO4. The molecule has 0 bridgehead atoms. The molecule has 0 aromatic carbocycles. The van der Waals surface area contributed by atoms with E-state index < -0.39 is 11.5 Å². The molecule has 1 atom stereocenters. The molecule has 2 rings (SSSR count). The lowest BCUT2D eigenvalue weighted by Gasteiger charge is -2.38. The zero-order valence-electron chi connectivity index (χ0n) is 12.4. The second-order valence-corrected chi connectivity index (χ2v) is 6.10. The van der Waals surface area contributed by atoms with E-state index in [-0.39, 0.29) is 5.41 Å². The fourth-order valence-corrected chi connectivity index (χ4v) is 3.12. The number of carbonyl (C=O) groups is 1. The third kappa shape index (κ3) is 2.60. The van der Waals surface area contributed by atoms with Gasteiger partial charge in [0.1, 0.15) is 23.7 Å². The van der Waals surface area contributed by atoms with Crippen molar-refractivity contribution in [3.8, 4) is 0 Å². The Morgan fingerprint density at radius 2 is 2.10 bits per heavy atom. The Morgan fingerprint density at radius 3 is 2.65 bits per heavy atom. The number of rotatable bonds is 6. The van der Waals surface area contributed by atoms with Gasteiger partial charge in [-0.15, -0.1) is 0 Å². The van der Waals surface area contributed by atoms with Crippen molar-refractivity contribution in [1.82, 2.24) is 5.32 Å².